The maximum atomic E-state index is 12.3. The van der Waals surface area contributed by atoms with Crippen LogP contribution in [0, 0.1) is 0 Å². The lowest BCUT2D eigenvalue weighted by molar-refractivity contribution is 0.112. The van der Waals surface area contributed by atoms with Crippen LogP contribution in [0.5, 0.6) is 0 Å². The third-order valence-electron chi connectivity index (χ3n) is 3.97. The molecule has 0 amide bonds. The van der Waals surface area contributed by atoms with Crippen LogP contribution in [0.1, 0.15) is 22.5 Å². The van der Waals surface area contributed by atoms with E-state index < -0.39 is 10.0 Å². The van der Waals surface area contributed by atoms with E-state index in [4.69, 9.17) is 0 Å². The van der Waals surface area contributed by atoms with Gasteiger partial charge in [0.2, 0.25) is 10.0 Å². The van der Waals surface area contributed by atoms with Crippen molar-refractivity contribution in [3.63, 3.8) is 0 Å². The minimum Gasteiger partial charge on any atom is -0.332 e. The molecule has 0 bridgehead atoms. The van der Waals surface area contributed by atoms with Crippen LogP contribution in [-0.2, 0) is 10.0 Å². The van der Waals surface area contributed by atoms with E-state index in [0.29, 0.717) is 22.2 Å². The zero-order valence-electron chi connectivity index (χ0n) is 13.6. The van der Waals surface area contributed by atoms with Gasteiger partial charge in [0.1, 0.15) is 0 Å². The summed E-state index contributed by atoms with van der Waals surface area (Å²) in [6.07, 6.45) is 4.61. The first-order valence-electron chi connectivity index (χ1n) is 8.07. The summed E-state index contributed by atoms with van der Waals surface area (Å²) in [5.41, 5.74) is 0.711. The second-order valence-electron chi connectivity index (χ2n) is 5.78. The molecule has 2 aromatic rings. The predicted octanol–water partition coefficient (Wildman–Crippen LogP) is 2.07. The van der Waals surface area contributed by atoms with Gasteiger partial charge in [-0.25, -0.2) is 18.1 Å². The van der Waals surface area contributed by atoms with Gasteiger partial charge in [-0.1, -0.05) is 11.3 Å². The fourth-order valence-corrected chi connectivity index (χ4v) is 4.34. The highest BCUT2D eigenvalue weighted by Crippen LogP contribution is 2.22. The number of hydrogen-bond acceptors (Lipinski definition) is 7. The lowest BCUT2D eigenvalue weighted by Crippen LogP contribution is -2.33. The first-order chi connectivity index (χ1) is 12.1. The van der Waals surface area contributed by atoms with Crippen molar-refractivity contribution in [2.75, 3.05) is 31.5 Å². The molecule has 25 heavy (non-hydrogen) atoms. The molecule has 3 rings (SSSR count). The standard InChI is InChI=1S/C16H20N4O3S2/c21-12-14-11-17-16(24-14)19-13-3-5-15(6-4-13)25(22,23)18-7-10-20-8-1-2-9-20/h3-6,11-12,18H,1-2,7-10H2,(H,17,19). The Hall–Kier alpha value is -1.81. The quantitative estimate of drug-likeness (QED) is 0.681. The average Bonchev–Trinajstić information content (AvgIpc) is 3.27. The van der Waals surface area contributed by atoms with Gasteiger partial charge >= 0.3 is 0 Å². The van der Waals surface area contributed by atoms with Crippen LogP contribution in [0.4, 0.5) is 10.8 Å². The van der Waals surface area contributed by atoms with Crippen LogP contribution in [0.2, 0.25) is 0 Å². The number of aldehydes is 1. The first-order valence-corrected chi connectivity index (χ1v) is 10.4. The highest BCUT2D eigenvalue weighted by molar-refractivity contribution is 7.89. The zero-order valence-corrected chi connectivity index (χ0v) is 15.3. The van der Waals surface area contributed by atoms with Gasteiger partial charge in [0.25, 0.3) is 0 Å². The maximum Gasteiger partial charge on any atom is 0.240 e. The monoisotopic (exact) mass is 380 g/mol. The summed E-state index contributed by atoms with van der Waals surface area (Å²) in [6.45, 7) is 3.24. The number of rotatable bonds is 8. The van der Waals surface area contributed by atoms with Crippen LogP contribution >= 0.6 is 11.3 Å². The molecule has 1 fully saturated rings. The number of thiazole rings is 1. The first kappa shape index (κ1) is 18.0. The van der Waals surface area contributed by atoms with Crippen molar-refractivity contribution < 1.29 is 13.2 Å². The van der Waals surface area contributed by atoms with Gasteiger partial charge in [-0.15, -0.1) is 0 Å². The summed E-state index contributed by atoms with van der Waals surface area (Å²) in [5, 5.41) is 3.63. The summed E-state index contributed by atoms with van der Waals surface area (Å²) in [6, 6.07) is 6.46. The third-order valence-corrected chi connectivity index (χ3v) is 6.29. The molecule has 0 saturated carbocycles. The highest BCUT2D eigenvalue weighted by Gasteiger charge is 2.16. The number of likely N-dealkylation sites (tertiary alicyclic amines) is 1. The van der Waals surface area contributed by atoms with E-state index in [9.17, 15) is 13.2 Å². The Bertz CT molecular complexity index is 812. The van der Waals surface area contributed by atoms with Gasteiger partial charge in [0.05, 0.1) is 16.0 Å². The largest absolute Gasteiger partial charge is 0.332 e. The molecular formula is C16H20N4O3S2. The van der Waals surface area contributed by atoms with E-state index in [-0.39, 0.29) is 4.90 Å². The normalized spacial score (nSPS) is 15.4. The van der Waals surface area contributed by atoms with Crippen molar-refractivity contribution in [2.45, 2.75) is 17.7 Å². The molecular weight excluding hydrogens is 360 g/mol. The fourth-order valence-electron chi connectivity index (χ4n) is 2.67. The van der Waals surface area contributed by atoms with Gasteiger partial charge < -0.3 is 10.2 Å². The predicted molar refractivity (Wildman–Crippen MR) is 98.1 cm³/mol. The minimum absolute atomic E-state index is 0.229. The van der Waals surface area contributed by atoms with Gasteiger partial charge in [0, 0.05) is 18.8 Å². The average molecular weight is 380 g/mol. The Morgan fingerprint density at radius 3 is 2.56 bits per heavy atom. The van der Waals surface area contributed by atoms with Crippen LogP contribution in [0.25, 0.3) is 0 Å². The fraction of sp³-hybridized carbons (Fsp3) is 0.375. The Morgan fingerprint density at radius 2 is 1.92 bits per heavy atom. The number of anilines is 2. The van der Waals surface area contributed by atoms with Crippen molar-refractivity contribution in [1.82, 2.24) is 14.6 Å². The third kappa shape index (κ3) is 4.85. The molecule has 2 heterocycles. The van der Waals surface area contributed by atoms with Crippen molar-refractivity contribution >= 4 is 38.5 Å². The highest BCUT2D eigenvalue weighted by atomic mass is 32.2. The summed E-state index contributed by atoms with van der Waals surface area (Å²) in [4.78, 5) is 17.8. The van der Waals surface area contributed by atoms with Crippen LogP contribution in [-0.4, -0.2) is 50.8 Å². The maximum absolute atomic E-state index is 12.3. The van der Waals surface area contributed by atoms with Crippen LogP contribution in [0.15, 0.2) is 35.4 Å². The summed E-state index contributed by atoms with van der Waals surface area (Å²) >= 11 is 1.24. The van der Waals surface area contributed by atoms with Crippen LogP contribution in [0.3, 0.4) is 0 Å². The summed E-state index contributed by atoms with van der Waals surface area (Å²) in [7, 11) is -3.51. The molecule has 134 valence electrons. The summed E-state index contributed by atoms with van der Waals surface area (Å²) in [5.74, 6) is 0. The van der Waals surface area contributed by atoms with E-state index in [1.165, 1.54) is 30.4 Å². The topological polar surface area (TPSA) is 91.4 Å². The molecule has 0 spiro atoms. The molecule has 2 N–H and O–H groups in total. The number of nitrogens with zero attached hydrogens (tertiary/aromatic N) is 2. The van der Waals surface area contributed by atoms with Crippen molar-refractivity contribution in [2.24, 2.45) is 0 Å². The lowest BCUT2D eigenvalue weighted by Gasteiger charge is -2.15. The van der Waals surface area contributed by atoms with Gasteiger partial charge in [-0.3, -0.25) is 4.79 Å². The van der Waals surface area contributed by atoms with E-state index in [2.05, 4.69) is 19.9 Å². The molecule has 7 nitrogen and oxygen atoms in total. The molecule has 0 unspecified atom stereocenters. The number of carbonyl (C=O) groups excluding carboxylic acids is 1. The lowest BCUT2D eigenvalue weighted by atomic mass is 10.3. The number of hydrogen-bond donors (Lipinski definition) is 2. The van der Waals surface area contributed by atoms with Gasteiger partial charge in [-0.05, 0) is 50.2 Å². The molecule has 1 aliphatic heterocycles. The van der Waals surface area contributed by atoms with Crippen molar-refractivity contribution in [3.05, 3.63) is 35.3 Å². The van der Waals surface area contributed by atoms with Crippen LogP contribution < -0.4 is 10.0 Å². The molecule has 0 radical (unpaired) electrons. The van der Waals surface area contributed by atoms with E-state index >= 15 is 0 Å². The molecule has 1 aromatic heterocycles. The Kier molecular flexibility index (Phi) is 5.79. The molecule has 9 heteroatoms. The van der Waals surface area contributed by atoms with Gasteiger partial charge in [-0.2, -0.15) is 0 Å². The second kappa shape index (κ2) is 8.05. The molecule has 0 aliphatic carbocycles. The second-order valence-corrected chi connectivity index (χ2v) is 8.61. The number of benzene rings is 1. The molecule has 1 aromatic carbocycles. The number of sulfonamides is 1. The van der Waals surface area contributed by atoms with Gasteiger partial charge in [0.15, 0.2) is 11.4 Å². The minimum atomic E-state index is -3.51. The van der Waals surface area contributed by atoms with E-state index in [0.717, 1.165) is 25.9 Å². The number of carbonyl (C=O) groups is 1. The Balaban J connectivity index is 1.57. The number of nitrogens with one attached hydrogen (secondary N) is 2. The molecule has 1 saturated heterocycles. The Labute approximate surface area is 151 Å². The van der Waals surface area contributed by atoms with E-state index in [1.54, 1.807) is 24.3 Å². The molecule has 0 atom stereocenters. The smallest absolute Gasteiger partial charge is 0.240 e. The zero-order chi connectivity index (χ0) is 17.7. The van der Waals surface area contributed by atoms with Crippen molar-refractivity contribution in [3.8, 4) is 0 Å². The van der Waals surface area contributed by atoms with Crippen molar-refractivity contribution in [1.29, 1.82) is 0 Å². The SMILES string of the molecule is O=Cc1cnc(Nc2ccc(S(=O)(=O)NCCN3CCCC3)cc2)s1. The Morgan fingerprint density at radius 1 is 1.20 bits per heavy atom. The van der Waals surface area contributed by atoms with E-state index in [1.807, 2.05) is 0 Å². The summed E-state index contributed by atoms with van der Waals surface area (Å²) < 4.78 is 27.3. The molecule has 1 aliphatic rings. The number of aromatic nitrogens is 1.